The molecule has 3 rings (SSSR count). The predicted molar refractivity (Wildman–Crippen MR) is 91.9 cm³/mol. The number of nitrogens with zero attached hydrogens (tertiary/aromatic N) is 2. The number of furan rings is 1. The molecule has 0 saturated carbocycles. The molecule has 126 valence electrons. The number of aryl methyl sites for hydroxylation is 2. The fraction of sp³-hybridized carbons (Fsp3) is 0.294. The van der Waals surface area contributed by atoms with Gasteiger partial charge in [0.1, 0.15) is 17.1 Å². The monoisotopic (exact) mass is 345 g/mol. The van der Waals surface area contributed by atoms with Gasteiger partial charge in [0.25, 0.3) is 5.91 Å². The van der Waals surface area contributed by atoms with Crippen molar-refractivity contribution in [1.29, 1.82) is 0 Å². The van der Waals surface area contributed by atoms with Crippen LogP contribution in [0.2, 0.25) is 0 Å². The summed E-state index contributed by atoms with van der Waals surface area (Å²) in [5.41, 5.74) is -0.523. The molecule has 6 nitrogen and oxygen atoms in total. The number of nitrogens with one attached hydrogen (secondary N) is 1. The van der Waals surface area contributed by atoms with Gasteiger partial charge >= 0.3 is 0 Å². The van der Waals surface area contributed by atoms with E-state index >= 15 is 0 Å². The molecule has 24 heavy (non-hydrogen) atoms. The lowest BCUT2D eigenvalue weighted by atomic mass is 10.00. The first-order valence-electron chi connectivity index (χ1n) is 7.51. The van der Waals surface area contributed by atoms with E-state index in [9.17, 15) is 9.90 Å². The van der Waals surface area contributed by atoms with Crippen molar-refractivity contribution in [1.82, 2.24) is 15.1 Å². The van der Waals surface area contributed by atoms with Crippen LogP contribution in [0.25, 0.3) is 10.6 Å². The van der Waals surface area contributed by atoms with E-state index in [1.165, 1.54) is 11.3 Å². The van der Waals surface area contributed by atoms with E-state index < -0.39 is 5.60 Å². The lowest BCUT2D eigenvalue weighted by Crippen LogP contribution is -2.38. The van der Waals surface area contributed by atoms with Crippen LogP contribution in [0.15, 0.2) is 41.1 Å². The van der Waals surface area contributed by atoms with Gasteiger partial charge in [0.2, 0.25) is 0 Å². The van der Waals surface area contributed by atoms with Gasteiger partial charge < -0.3 is 14.8 Å². The number of hydrogen-bond donors (Lipinski definition) is 2. The van der Waals surface area contributed by atoms with Crippen LogP contribution in [-0.4, -0.2) is 27.3 Å². The highest BCUT2D eigenvalue weighted by Gasteiger charge is 2.26. The SMILES string of the molecule is Cc1ccc(-c2ccc(C(=O)NC[C@](C)(O)c3cnn(C)c3)s2)o1. The highest BCUT2D eigenvalue weighted by Crippen LogP contribution is 2.29. The summed E-state index contributed by atoms with van der Waals surface area (Å²) in [7, 11) is 1.78. The van der Waals surface area contributed by atoms with E-state index in [1.807, 2.05) is 25.1 Å². The van der Waals surface area contributed by atoms with Crippen molar-refractivity contribution in [2.45, 2.75) is 19.4 Å². The minimum absolute atomic E-state index is 0.102. The zero-order valence-corrected chi connectivity index (χ0v) is 14.6. The summed E-state index contributed by atoms with van der Waals surface area (Å²) in [5, 5.41) is 17.3. The van der Waals surface area contributed by atoms with Crippen LogP contribution in [0.3, 0.4) is 0 Å². The molecule has 7 heteroatoms. The average molecular weight is 345 g/mol. The molecule has 0 bridgehead atoms. The van der Waals surface area contributed by atoms with Crippen LogP contribution in [0.4, 0.5) is 0 Å². The summed E-state index contributed by atoms with van der Waals surface area (Å²) >= 11 is 1.35. The van der Waals surface area contributed by atoms with Gasteiger partial charge in [0, 0.05) is 18.8 Å². The molecule has 1 amide bonds. The first kappa shape index (κ1) is 16.5. The molecule has 3 heterocycles. The number of amides is 1. The van der Waals surface area contributed by atoms with Gasteiger partial charge in [-0.1, -0.05) is 0 Å². The summed E-state index contributed by atoms with van der Waals surface area (Å²) in [6.45, 7) is 3.63. The molecule has 3 aromatic rings. The quantitative estimate of drug-likeness (QED) is 0.745. The predicted octanol–water partition coefficient (Wildman–Crippen LogP) is 2.69. The Balaban J connectivity index is 1.66. The third kappa shape index (κ3) is 3.42. The first-order valence-corrected chi connectivity index (χ1v) is 8.33. The number of rotatable bonds is 5. The largest absolute Gasteiger partial charge is 0.461 e. The molecule has 0 spiro atoms. The molecule has 0 unspecified atom stereocenters. The van der Waals surface area contributed by atoms with Gasteiger partial charge in [-0.2, -0.15) is 5.10 Å². The van der Waals surface area contributed by atoms with Crippen molar-refractivity contribution in [2.24, 2.45) is 7.05 Å². The Morgan fingerprint density at radius 1 is 1.42 bits per heavy atom. The molecule has 0 aliphatic carbocycles. The molecule has 0 radical (unpaired) electrons. The molecule has 0 aliphatic rings. The zero-order valence-electron chi connectivity index (χ0n) is 13.7. The summed E-state index contributed by atoms with van der Waals surface area (Å²) in [4.78, 5) is 13.8. The van der Waals surface area contributed by atoms with Crippen molar-refractivity contribution in [3.8, 4) is 10.6 Å². The Hall–Kier alpha value is -2.38. The Labute approximate surface area is 143 Å². The Morgan fingerprint density at radius 3 is 2.83 bits per heavy atom. The topological polar surface area (TPSA) is 80.3 Å². The van der Waals surface area contributed by atoms with Gasteiger partial charge in [-0.3, -0.25) is 9.48 Å². The second-order valence-corrected chi connectivity index (χ2v) is 7.02. The molecule has 0 aliphatic heterocycles. The summed E-state index contributed by atoms with van der Waals surface area (Å²) in [6, 6.07) is 7.39. The van der Waals surface area contributed by atoms with Crippen LogP contribution in [0, 0.1) is 6.92 Å². The fourth-order valence-electron chi connectivity index (χ4n) is 2.30. The second-order valence-electron chi connectivity index (χ2n) is 5.93. The number of aromatic nitrogens is 2. The Bertz CT molecular complexity index is 860. The molecule has 3 aromatic heterocycles. The smallest absolute Gasteiger partial charge is 0.261 e. The van der Waals surface area contributed by atoms with Crippen LogP contribution < -0.4 is 5.32 Å². The van der Waals surface area contributed by atoms with E-state index in [2.05, 4.69) is 10.4 Å². The number of carbonyl (C=O) groups excluding carboxylic acids is 1. The molecular weight excluding hydrogens is 326 g/mol. The maximum atomic E-state index is 12.3. The molecule has 0 fully saturated rings. The van der Waals surface area contributed by atoms with Gasteiger partial charge in [0.15, 0.2) is 0 Å². The minimum Gasteiger partial charge on any atom is -0.461 e. The van der Waals surface area contributed by atoms with Crippen LogP contribution >= 0.6 is 11.3 Å². The number of hydrogen-bond acceptors (Lipinski definition) is 5. The van der Waals surface area contributed by atoms with Crippen LogP contribution in [0.1, 0.15) is 27.9 Å². The van der Waals surface area contributed by atoms with Crippen LogP contribution in [0.5, 0.6) is 0 Å². The zero-order chi connectivity index (χ0) is 17.3. The highest BCUT2D eigenvalue weighted by atomic mass is 32.1. The van der Waals surface area contributed by atoms with Gasteiger partial charge in [-0.25, -0.2) is 0 Å². The number of carbonyl (C=O) groups is 1. The van der Waals surface area contributed by atoms with Gasteiger partial charge in [-0.15, -0.1) is 11.3 Å². The molecule has 2 N–H and O–H groups in total. The summed E-state index contributed by atoms with van der Waals surface area (Å²) < 4.78 is 7.18. The third-order valence-corrected chi connectivity index (χ3v) is 4.83. The lowest BCUT2D eigenvalue weighted by Gasteiger charge is -2.22. The van der Waals surface area contributed by atoms with Gasteiger partial charge in [0.05, 0.1) is 22.5 Å². The Kier molecular flexibility index (Phi) is 4.29. The lowest BCUT2D eigenvalue weighted by molar-refractivity contribution is 0.0527. The normalized spacial score (nSPS) is 13.7. The molecule has 1 atom stereocenters. The maximum absolute atomic E-state index is 12.3. The van der Waals surface area contributed by atoms with Crippen molar-refractivity contribution < 1.29 is 14.3 Å². The number of aliphatic hydroxyl groups is 1. The standard InChI is InChI=1S/C17H19N3O3S/c1-11-4-5-13(23-11)14-6-7-15(24-14)16(21)18-10-17(2,22)12-8-19-20(3)9-12/h4-9,22H,10H2,1-3H3,(H,18,21)/t17-/m0/s1. The number of thiophene rings is 1. The van der Waals surface area contributed by atoms with Crippen molar-refractivity contribution >= 4 is 17.2 Å². The van der Waals surface area contributed by atoms with E-state index in [0.717, 1.165) is 16.4 Å². The fourth-order valence-corrected chi connectivity index (χ4v) is 3.18. The van der Waals surface area contributed by atoms with E-state index in [4.69, 9.17) is 4.42 Å². The summed E-state index contributed by atoms with van der Waals surface area (Å²) in [6.07, 6.45) is 3.32. The Morgan fingerprint density at radius 2 is 2.21 bits per heavy atom. The van der Waals surface area contributed by atoms with Crippen LogP contribution in [-0.2, 0) is 12.6 Å². The molecular formula is C17H19N3O3S. The molecule has 0 aromatic carbocycles. The molecule has 0 saturated heterocycles. The van der Waals surface area contributed by atoms with Crippen molar-refractivity contribution in [3.63, 3.8) is 0 Å². The van der Waals surface area contributed by atoms with E-state index in [1.54, 1.807) is 37.1 Å². The first-order chi connectivity index (χ1) is 11.3. The van der Waals surface area contributed by atoms with Crippen molar-refractivity contribution in [3.05, 3.63) is 52.9 Å². The second kappa shape index (κ2) is 6.26. The average Bonchev–Trinajstić information content (AvgIpc) is 3.24. The summed E-state index contributed by atoms with van der Waals surface area (Å²) in [5.74, 6) is 1.36. The van der Waals surface area contributed by atoms with Gasteiger partial charge in [-0.05, 0) is 38.1 Å². The third-order valence-electron chi connectivity index (χ3n) is 3.73. The minimum atomic E-state index is -1.18. The maximum Gasteiger partial charge on any atom is 0.261 e. The van der Waals surface area contributed by atoms with Crippen molar-refractivity contribution in [2.75, 3.05) is 6.54 Å². The van der Waals surface area contributed by atoms with E-state index in [-0.39, 0.29) is 12.5 Å². The highest BCUT2D eigenvalue weighted by molar-refractivity contribution is 7.17. The van der Waals surface area contributed by atoms with E-state index in [0.29, 0.717) is 10.4 Å².